The van der Waals surface area contributed by atoms with E-state index in [-0.39, 0.29) is 38.2 Å². The third kappa shape index (κ3) is 11.5. The van der Waals surface area contributed by atoms with Crippen LogP contribution in [0.4, 0.5) is 4.79 Å². The van der Waals surface area contributed by atoms with Gasteiger partial charge in [0.25, 0.3) is 0 Å². The summed E-state index contributed by atoms with van der Waals surface area (Å²) in [4.78, 5) is 33.6. The van der Waals surface area contributed by atoms with Gasteiger partial charge in [0.05, 0.1) is 19.3 Å². The molecule has 0 aliphatic heterocycles. The minimum absolute atomic E-state index is 0.0135. The highest BCUT2D eigenvalue weighted by Gasteiger charge is 2.17. The summed E-state index contributed by atoms with van der Waals surface area (Å²) in [7, 11) is 0. The Morgan fingerprint density at radius 2 is 1.83 bits per heavy atom. The van der Waals surface area contributed by atoms with Gasteiger partial charge in [0.15, 0.2) is 0 Å². The summed E-state index contributed by atoms with van der Waals surface area (Å²) < 4.78 is 14.8. The van der Waals surface area contributed by atoms with E-state index in [2.05, 4.69) is 11.9 Å². The number of nitrogens with one attached hydrogen (secondary N) is 1. The molecule has 0 fully saturated rings. The van der Waals surface area contributed by atoms with E-state index in [9.17, 15) is 19.5 Å². The van der Waals surface area contributed by atoms with Crippen molar-refractivity contribution >= 4 is 18.0 Å². The summed E-state index contributed by atoms with van der Waals surface area (Å²) in [5.41, 5.74) is 0.281. The zero-order chi connectivity index (χ0) is 18.5. The molecular weight excluding hydrogens is 318 g/mol. The van der Waals surface area contributed by atoms with Crippen LogP contribution in [0.5, 0.6) is 0 Å². The number of carbonyl (C=O) groups is 3. The molecule has 0 aromatic rings. The normalized spacial score (nSPS) is 12.7. The van der Waals surface area contributed by atoms with Crippen LogP contribution in [0.1, 0.15) is 40.0 Å². The molecule has 0 aliphatic rings. The lowest BCUT2D eigenvalue weighted by atomic mass is 10.1. The van der Waals surface area contributed by atoms with Gasteiger partial charge in [-0.2, -0.15) is 0 Å². The van der Waals surface area contributed by atoms with E-state index in [0.29, 0.717) is 6.42 Å². The molecule has 8 nitrogen and oxygen atoms in total. The highest BCUT2D eigenvalue weighted by atomic mass is 16.6. The molecule has 0 aromatic carbocycles. The Morgan fingerprint density at radius 1 is 1.17 bits per heavy atom. The van der Waals surface area contributed by atoms with Crippen molar-refractivity contribution in [2.45, 2.75) is 52.2 Å². The third-order valence-electron chi connectivity index (χ3n) is 2.96. The number of ether oxygens (including phenoxy) is 3. The van der Waals surface area contributed by atoms with Crippen molar-refractivity contribution in [1.82, 2.24) is 5.32 Å². The summed E-state index contributed by atoms with van der Waals surface area (Å²) in [6, 6.07) is 0. The second-order valence-electron chi connectivity index (χ2n) is 5.30. The lowest BCUT2D eigenvalue weighted by Gasteiger charge is -2.19. The van der Waals surface area contributed by atoms with E-state index in [0.717, 1.165) is 0 Å². The molecule has 2 N–H and O–H groups in total. The second-order valence-corrected chi connectivity index (χ2v) is 5.30. The fourth-order valence-electron chi connectivity index (χ4n) is 1.68. The zero-order valence-electron chi connectivity index (χ0n) is 14.5. The first kappa shape index (κ1) is 21.9. The number of aliphatic hydroxyl groups excluding tert-OH is 1. The minimum Gasteiger partial charge on any atom is -0.462 e. The van der Waals surface area contributed by atoms with E-state index in [1.54, 1.807) is 0 Å². The van der Waals surface area contributed by atoms with Crippen molar-refractivity contribution in [3.63, 3.8) is 0 Å². The predicted octanol–water partition coefficient (Wildman–Crippen LogP) is 1.31. The molecule has 0 spiro atoms. The molecule has 138 valence electrons. The monoisotopic (exact) mass is 345 g/mol. The van der Waals surface area contributed by atoms with Crippen molar-refractivity contribution in [3.05, 3.63) is 12.2 Å². The summed E-state index contributed by atoms with van der Waals surface area (Å²) in [5.74, 6) is -0.976. The zero-order valence-corrected chi connectivity index (χ0v) is 14.5. The van der Waals surface area contributed by atoms with Gasteiger partial charge >= 0.3 is 18.0 Å². The van der Waals surface area contributed by atoms with Crippen molar-refractivity contribution < 1.29 is 33.7 Å². The van der Waals surface area contributed by atoms with Crippen LogP contribution in [0.25, 0.3) is 0 Å². The van der Waals surface area contributed by atoms with Crippen molar-refractivity contribution in [2.75, 3.05) is 19.8 Å². The maximum atomic E-state index is 11.5. The van der Waals surface area contributed by atoms with Crippen LogP contribution in [0, 0.1) is 0 Å². The van der Waals surface area contributed by atoms with E-state index in [4.69, 9.17) is 14.2 Å². The smallest absolute Gasteiger partial charge is 0.407 e. The number of hydrogen-bond donors (Lipinski definition) is 2. The van der Waals surface area contributed by atoms with Gasteiger partial charge in [-0.1, -0.05) is 13.5 Å². The van der Waals surface area contributed by atoms with Gasteiger partial charge in [-0.05, 0) is 13.3 Å². The Balaban J connectivity index is 3.95. The quantitative estimate of drug-likeness (QED) is 0.251. The summed E-state index contributed by atoms with van der Waals surface area (Å²) in [6.45, 7) is 8.22. The molecule has 2 atom stereocenters. The molecule has 0 rings (SSSR count). The first-order chi connectivity index (χ1) is 11.3. The van der Waals surface area contributed by atoms with Crippen LogP contribution in [0.3, 0.4) is 0 Å². The minimum atomic E-state index is -0.668. The number of hydrogen-bond acceptors (Lipinski definition) is 7. The molecule has 0 radical (unpaired) electrons. The van der Waals surface area contributed by atoms with E-state index in [1.807, 2.05) is 6.92 Å². The van der Waals surface area contributed by atoms with Gasteiger partial charge in [-0.3, -0.25) is 4.79 Å². The summed E-state index contributed by atoms with van der Waals surface area (Å²) in [5, 5.41) is 12.0. The largest absolute Gasteiger partial charge is 0.462 e. The molecule has 1 amide bonds. The van der Waals surface area contributed by atoms with Crippen LogP contribution in [0.2, 0.25) is 0 Å². The fraction of sp³-hybridized carbons (Fsp3) is 0.688. The first-order valence-corrected chi connectivity index (χ1v) is 7.84. The molecule has 0 saturated carbocycles. The molecule has 0 aliphatic carbocycles. The van der Waals surface area contributed by atoms with E-state index >= 15 is 0 Å². The second kappa shape index (κ2) is 12.3. The van der Waals surface area contributed by atoms with Gasteiger partial charge in [0.1, 0.15) is 12.7 Å². The molecule has 8 heteroatoms. The number of esters is 2. The first-order valence-electron chi connectivity index (χ1n) is 7.84. The van der Waals surface area contributed by atoms with Crippen LogP contribution in [-0.2, 0) is 23.8 Å². The van der Waals surface area contributed by atoms with Crippen LogP contribution >= 0.6 is 0 Å². The molecule has 2 unspecified atom stereocenters. The van der Waals surface area contributed by atoms with Crippen molar-refractivity contribution in [3.8, 4) is 0 Å². The maximum absolute atomic E-state index is 11.5. The molecule has 0 heterocycles. The average Bonchev–Trinajstić information content (AvgIpc) is 2.50. The SMILES string of the molecule is C=C(C)C(=O)OCCNC(=O)OCCC(CC(O)CC)OC(C)=O. The van der Waals surface area contributed by atoms with Crippen LogP contribution in [-0.4, -0.2) is 55.1 Å². The Hall–Kier alpha value is -2.09. The van der Waals surface area contributed by atoms with Crippen LogP contribution < -0.4 is 5.32 Å². The highest BCUT2D eigenvalue weighted by Crippen LogP contribution is 2.10. The Bertz CT molecular complexity index is 436. The lowest BCUT2D eigenvalue weighted by Crippen LogP contribution is -2.30. The van der Waals surface area contributed by atoms with Gasteiger partial charge in [-0.25, -0.2) is 9.59 Å². The third-order valence-corrected chi connectivity index (χ3v) is 2.96. The van der Waals surface area contributed by atoms with Crippen molar-refractivity contribution in [1.29, 1.82) is 0 Å². The van der Waals surface area contributed by atoms with E-state index < -0.39 is 30.2 Å². The summed E-state index contributed by atoms with van der Waals surface area (Å²) >= 11 is 0. The Kier molecular flexibility index (Phi) is 11.3. The number of alkyl carbamates (subject to hydrolysis) is 1. The van der Waals surface area contributed by atoms with Crippen molar-refractivity contribution in [2.24, 2.45) is 0 Å². The number of carbonyl (C=O) groups excluding carboxylic acids is 3. The number of amides is 1. The Labute approximate surface area is 142 Å². The summed E-state index contributed by atoms with van der Waals surface area (Å²) in [6.07, 6.45) is -0.638. The van der Waals surface area contributed by atoms with Gasteiger partial charge in [0, 0.05) is 25.3 Å². The maximum Gasteiger partial charge on any atom is 0.407 e. The molecule has 24 heavy (non-hydrogen) atoms. The average molecular weight is 345 g/mol. The highest BCUT2D eigenvalue weighted by molar-refractivity contribution is 5.86. The standard InChI is InChI=1S/C16H27NO7/c1-5-13(19)10-14(24-12(4)18)6-8-23-16(21)17-7-9-22-15(20)11(2)3/h13-14,19H,2,5-10H2,1,3-4H3,(H,17,21). The molecular formula is C16H27NO7. The number of aliphatic hydroxyl groups is 1. The fourth-order valence-corrected chi connectivity index (χ4v) is 1.68. The molecule has 0 saturated heterocycles. The Morgan fingerprint density at radius 3 is 2.38 bits per heavy atom. The van der Waals surface area contributed by atoms with Crippen LogP contribution in [0.15, 0.2) is 12.2 Å². The lowest BCUT2D eigenvalue weighted by molar-refractivity contribution is -0.148. The number of rotatable bonds is 11. The molecule has 0 aromatic heterocycles. The van der Waals surface area contributed by atoms with Gasteiger partial charge in [-0.15, -0.1) is 0 Å². The van der Waals surface area contributed by atoms with E-state index in [1.165, 1.54) is 13.8 Å². The molecule has 0 bridgehead atoms. The predicted molar refractivity (Wildman–Crippen MR) is 86.2 cm³/mol. The topological polar surface area (TPSA) is 111 Å². The van der Waals surface area contributed by atoms with Gasteiger partial charge < -0.3 is 24.6 Å². The van der Waals surface area contributed by atoms with Gasteiger partial charge in [0.2, 0.25) is 0 Å².